The number of hydrogen-bond acceptors (Lipinski definition) is 3. The first-order valence-electron chi connectivity index (χ1n) is 4.99. The van der Waals surface area contributed by atoms with Gasteiger partial charge < -0.3 is 0 Å². The summed E-state index contributed by atoms with van der Waals surface area (Å²) in [5, 5.41) is 3.49. The third-order valence-electron chi connectivity index (χ3n) is 2.47. The van der Waals surface area contributed by atoms with E-state index >= 15 is 0 Å². The normalized spacial score (nSPS) is 23.7. The average molecular weight is 261 g/mol. The van der Waals surface area contributed by atoms with Crippen molar-refractivity contribution in [2.75, 3.05) is 44.7 Å². The van der Waals surface area contributed by atoms with Crippen LogP contribution in [0.4, 0.5) is 0 Å². The molecule has 1 saturated heterocycles. The summed E-state index contributed by atoms with van der Waals surface area (Å²) in [5.41, 5.74) is 0. The summed E-state index contributed by atoms with van der Waals surface area (Å²) in [4.78, 5) is 0. The molecule has 0 spiro atoms. The number of nitrogens with zero attached hydrogens (tertiary/aromatic N) is 1. The third-order valence-corrected chi connectivity index (χ3v) is 6.13. The Morgan fingerprint density at radius 1 is 1.36 bits per heavy atom. The van der Waals surface area contributed by atoms with Gasteiger partial charge in [-0.1, -0.05) is 0 Å². The van der Waals surface area contributed by atoms with Crippen molar-refractivity contribution < 1.29 is 4.52 Å². The Kier molecular flexibility index (Phi) is 5.99. The van der Waals surface area contributed by atoms with Crippen molar-refractivity contribution in [2.45, 2.75) is 6.42 Å². The predicted octanol–water partition coefficient (Wildman–Crippen LogP) is 1.90. The summed E-state index contributed by atoms with van der Waals surface area (Å²) in [6.45, 7) is 5.78. The molecule has 1 fully saturated rings. The van der Waals surface area contributed by atoms with E-state index in [1.165, 1.54) is 0 Å². The van der Waals surface area contributed by atoms with E-state index in [0.717, 1.165) is 32.7 Å². The average Bonchev–Trinajstić information content (AvgIpc) is 2.19. The van der Waals surface area contributed by atoms with Crippen LogP contribution in [0, 0.1) is 0 Å². The van der Waals surface area contributed by atoms with Gasteiger partial charge in [0.25, 0.3) is 0 Å². The van der Waals surface area contributed by atoms with Crippen LogP contribution in [0.3, 0.4) is 0 Å². The van der Waals surface area contributed by atoms with E-state index in [9.17, 15) is 0 Å². The number of rotatable bonds is 5. The summed E-state index contributed by atoms with van der Waals surface area (Å²) in [5.74, 6) is 1.26. The van der Waals surface area contributed by atoms with E-state index in [4.69, 9.17) is 27.7 Å². The van der Waals surface area contributed by atoms with Gasteiger partial charge in [0.15, 0.2) is 0 Å². The second-order valence-electron chi connectivity index (χ2n) is 3.48. The fraction of sp³-hybridized carbons (Fsp3) is 1.00. The molecule has 86 valence electrons. The summed E-state index contributed by atoms with van der Waals surface area (Å²) in [6.07, 6.45) is 1.10. The molecule has 0 radical (unpaired) electrons. The molecule has 6 heteroatoms. The van der Waals surface area contributed by atoms with Gasteiger partial charge in [-0.25, -0.2) is 0 Å². The zero-order chi connectivity index (χ0) is 10.4. The van der Waals surface area contributed by atoms with Crippen molar-refractivity contribution in [1.29, 1.82) is 0 Å². The molecule has 1 aliphatic rings. The molecule has 1 rings (SSSR count). The monoisotopic (exact) mass is 260 g/mol. The molecule has 0 aliphatic carbocycles. The van der Waals surface area contributed by atoms with Gasteiger partial charge in [-0.15, -0.1) is 0 Å². The molecular formula is C8H19Cl2N2OP. The summed E-state index contributed by atoms with van der Waals surface area (Å²) in [6, 6.07) is 0. The molecule has 1 N–H and O–H groups in total. The molecule has 1 aliphatic heterocycles. The maximum absolute atomic E-state index is 5.87. The molecule has 0 aromatic carbocycles. The van der Waals surface area contributed by atoms with E-state index in [2.05, 4.69) is 16.4 Å². The van der Waals surface area contributed by atoms with E-state index in [0.29, 0.717) is 11.8 Å². The van der Waals surface area contributed by atoms with Crippen molar-refractivity contribution in [3.8, 4) is 0 Å². The number of alkyl halides is 2. The minimum atomic E-state index is -1.89. The van der Waals surface area contributed by atoms with Crippen LogP contribution in [-0.4, -0.2) is 49.3 Å². The molecule has 1 heterocycles. The predicted molar refractivity (Wildman–Crippen MR) is 65.8 cm³/mol. The molecule has 0 bridgehead atoms. The van der Waals surface area contributed by atoms with Crippen LogP contribution in [0.2, 0.25) is 0 Å². The van der Waals surface area contributed by atoms with Gasteiger partial charge in [-0.2, -0.15) is 0 Å². The number of hydrogen-bond donors (Lipinski definition) is 1. The van der Waals surface area contributed by atoms with Crippen molar-refractivity contribution in [1.82, 2.24) is 9.76 Å². The Morgan fingerprint density at radius 3 is 2.43 bits per heavy atom. The molecule has 14 heavy (non-hydrogen) atoms. The first kappa shape index (κ1) is 13.0. The van der Waals surface area contributed by atoms with Crippen molar-refractivity contribution in [2.24, 2.45) is 0 Å². The summed E-state index contributed by atoms with van der Waals surface area (Å²) in [7, 11) is -1.89. The van der Waals surface area contributed by atoms with E-state index < -0.39 is 7.79 Å². The van der Waals surface area contributed by atoms with Crippen LogP contribution in [0.1, 0.15) is 6.42 Å². The van der Waals surface area contributed by atoms with Crippen LogP contribution in [0.15, 0.2) is 0 Å². The number of halogens is 2. The molecule has 0 aromatic heterocycles. The van der Waals surface area contributed by atoms with Crippen molar-refractivity contribution in [3.05, 3.63) is 0 Å². The fourth-order valence-electron chi connectivity index (χ4n) is 1.66. The first-order valence-corrected chi connectivity index (χ1v) is 8.41. The van der Waals surface area contributed by atoms with Crippen LogP contribution in [0.5, 0.6) is 0 Å². The number of nitrogens with one attached hydrogen (secondary N) is 1. The van der Waals surface area contributed by atoms with Crippen molar-refractivity contribution >= 4 is 31.0 Å². The van der Waals surface area contributed by atoms with Crippen LogP contribution >= 0.6 is 31.0 Å². The molecule has 0 amide bonds. The topological polar surface area (TPSA) is 24.5 Å². The Balaban J connectivity index is 2.53. The van der Waals surface area contributed by atoms with E-state index in [-0.39, 0.29) is 0 Å². The summed E-state index contributed by atoms with van der Waals surface area (Å²) < 4.78 is 8.15. The van der Waals surface area contributed by atoms with Crippen LogP contribution in [-0.2, 0) is 4.52 Å². The first-order chi connectivity index (χ1) is 6.73. The van der Waals surface area contributed by atoms with Gasteiger partial charge in [-0.3, -0.25) is 0 Å². The van der Waals surface area contributed by atoms with E-state index in [1.54, 1.807) is 0 Å². The Morgan fingerprint density at radius 2 is 2.00 bits per heavy atom. The molecule has 0 saturated carbocycles. The second kappa shape index (κ2) is 6.47. The van der Waals surface area contributed by atoms with Gasteiger partial charge in [-0.05, 0) is 0 Å². The zero-order valence-corrected chi connectivity index (χ0v) is 11.1. The Labute approximate surface area is 96.6 Å². The third kappa shape index (κ3) is 3.48. The zero-order valence-electron chi connectivity index (χ0n) is 8.56. The second-order valence-corrected chi connectivity index (χ2v) is 7.47. The van der Waals surface area contributed by atoms with Crippen molar-refractivity contribution in [3.63, 3.8) is 0 Å². The van der Waals surface area contributed by atoms with Gasteiger partial charge >= 0.3 is 96.4 Å². The summed E-state index contributed by atoms with van der Waals surface area (Å²) >= 11 is 11.5. The minimum absolute atomic E-state index is 0.629. The van der Waals surface area contributed by atoms with Gasteiger partial charge in [0, 0.05) is 0 Å². The fourth-order valence-corrected chi connectivity index (χ4v) is 5.12. The van der Waals surface area contributed by atoms with E-state index in [1.807, 2.05) is 0 Å². The molecule has 0 atom stereocenters. The Bertz CT molecular complexity index is 161. The standard InChI is InChI=1S/C8H19Cl2N2OP/c1-14(11-5-2-8-13-14)12(6-3-9)7-4-10/h11,14H,2-8H2,1H3. The Hall–Kier alpha value is 0.890. The molecular weight excluding hydrogens is 242 g/mol. The maximum atomic E-state index is 5.87. The van der Waals surface area contributed by atoms with Crippen LogP contribution < -0.4 is 5.09 Å². The SMILES string of the molecule is C[PH]1(N(CCCl)CCCl)NCCCO1. The van der Waals surface area contributed by atoms with Crippen LogP contribution in [0.25, 0.3) is 0 Å². The molecule has 3 nitrogen and oxygen atoms in total. The van der Waals surface area contributed by atoms with Gasteiger partial charge in [0.2, 0.25) is 0 Å². The molecule has 0 unspecified atom stereocenters. The van der Waals surface area contributed by atoms with Gasteiger partial charge in [0.1, 0.15) is 0 Å². The van der Waals surface area contributed by atoms with Gasteiger partial charge in [0.05, 0.1) is 0 Å². The molecule has 0 aromatic rings. The quantitative estimate of drug-likeness (QED) is 0.604.